The van der Waals surface area contributed by atoms with Crippen LogP contribution in [-0.2, 0) is 16.1 Å². The summed E-state index contributed by atoms with van der Waals surface area (Å²) in [5, 5.41) is 0. The lowest BCUT2D eigenvalue weighted by Crippen LogP contribution is -1.98. The molecule has 0 saturated carbocycles. The summed E-state index contributed by atoms with van der Waals surface area (Å²) in [7, 11) is 0. The second kappa shape index (κ2) is 4.45. The van der Waals surface area contributed by atoms with E-state index in [1.807, 2.05) is 24.3 Å². The van der Waals surface area contributed by atoms with Crippen LogP contribution in [0.25, 0.3) is 6.08 Å². The van der Waals surface area contributed by atoms with Gasteiger partial charge in [0, 0.05) is 6.92 Å². The van der Waals surface area contributed by atoms with Gasteiger partial charge >= 0.3 is 5.97 Å². The molecule has 0 radical (unpaired) electrons. The summed E-state index contributed by atoms with van der Waals surface area (Å²) in [6.45, 7) is 5.39. The van der Waals surface area contributed by atoms with Crippen molar-refractivity contribution in [1.29, 1.82) is 0 Å². The second-order valence-electron chi connectivity index (χ2n) is 2.73. The highest BCUT2D eigenvalue weighted by Gasteiger charge is 1.95. The van der Waals surface area contributed by atoms with Crippen molar-refractivity contribution in [2.45, 2.75) is 13.5 Å². The number of hydrogen-bond acceptors (Lipinski definition) is 2. The number of hydrogen-bond donors (Lipinski definition) is 0. The molecule has 0 saturated heterocycles. The van der Waals surface area contributed by atoms with Gasteiger partial charge in [-0.05, 0) is 11.1 Å². The van der Waals surface area contributed by atoms with Gasteiger partial charge in [0.15, 0.2) is 0 Å². The van der Waals surface area contributed by atoms with Crippen LogP contribution in [0.5, 0.6) is 0 Å². The van der Waals surface area contributed by atoms with Crippen molar-refractivity contribution in [3.05, 3.63) is 42.0 Å². The van der Waals surface area contributed by atoms with Gasteiger partial charge in [-0.2, -0.15) is 0 Å². The van der Waals surface area contributed by atoms with Crippen molar-refractivity contribution in [3.8, 4) is 0 Å². The molecule has 0 aliphatic carbocycles. The van der Waals surface area contributed by atoms with E-state index in [9.17, 15) is 4.79 Å². The maximum atomic E-state index is 10.5. The van der Waals surface area contributed by atoms with E-state index in [4.69, 9.17) is 4.74 Å². The van der Waals surface area contributed by atoms with Gasteiger partial charge in [0.05, 0.1) is 0 Å². The first-order chi connectivity index (χ1) is 6.22. The Kier molecular flexibility index (Phi) is 3.26. The number of carbonyl (C=O) groups excluding carboxylic acids is 1. The molecule has 0 spiro atoms. The van der Waals surface area contributed by atoms with Crippen molar-refractivity contribution in [2.75, 3.05) is 0 Å². The predicted octanol–water partition coefficient (Wildman–Crippen LogP) is 2.39. The fourth-order valence-corrected chi connectivity index (χ4v) is 0.935. The molecule has 0 amide bonds. The van der Waals surface area contributed by atoms with Crippen LogP contribution in [-0.4, -0.2) is 5.97 Å². The van der Waals surface area contributed by atoms with E-state index < -0.39 is 0 Å². The van der Waals surface area contributed by atoms with Gasteiger partial charge < -0.3 is 4.74 Å². The van der Waals surface area contributed by atoms with Crippen molar-refractivity contribution < 1.29 is 9.53 Å². The molecule has 68 valence electrons. The summed E-state index contributed by atoms with van der Waals surface area (Å²) in [6.07, 6.45) is 1.77. The highest BCUT2D eigenvalue weighted by atomic mass is 16.5. The molecule has 2 nitrogen and oxygen atoms in total. The molecule has 0 N–H and O–H groups in total. The largest absolute Gasteiger partial charge is 0.461 e. The summed E-state index contributed by atoms with van der Waals surface area (Å²) in [5.41, 5.74) is 2.05. The number of ether oxygens (including phenoxy) is 1. The van der Waals surface area contributed by atoms with Crippen LogP contribution in [0, 0.1) is 0 Å². The monoisotopic (exact) mass is 176 g/mol. The van der Waals surface area contributed by atoms with Crippen LogP contribution < -0.4 is 0 Å². The van der Waals surface area contributed by atoms with Gasteiger partial charge in [-0.3, -0.25) is 4.79 Å². The zero-order chi connectivity index (χ0) is 9.68. The Morgan fingerprint density at radius 1 is 1.46 bits per heavy atom. The standard InChI is InChI=1S/C11H12O2/c1-3-10-4-6-11(7-5-10)8-13-9(2)12/h3-7H,1,8H2,2H3. The normalized spacial score (nSPS) is 9.31. The van der Waals surface area contributed by atoms with Crippen LogP contribution >= 0.6 is 0 Å². The maximum Gasteiger partial charge on any atom is 0.302 e. The van der Waals surface area contributed by atoms with Crippen molar-refractivity contribution in [1.82, 2.24) is 0 Å². The Labute approximate surface area is 77.8 Å². The summed E-state index contributed by atoms with van der Waals surface area (Å²) in [5.74, 6) is -0.257. The molecule has 0 aromatic heterocycles. The number of rotatable bonds is 3. The van der Waals surface area contributed by atoms with Crippen molar-refractivity contribution >= 4 is 12.0 Å². The molecule has 0 bridgehead atoms. The van der Waals surface area contributed by atoms with Gasteiger partial charge in [-0.1, -0.05) is 36.9 Å². The van der Waals surface area contributed by atoms with E-state index in [2.05, 4.69) is 6.58 Å². The molecule has 0 fully saturated rings. The zero-order valence-electron chi connectivity index (χ0n) is 7.62. The fourth-order valence-electron chi connectivity index (χ4n) is 0.935. The van der Waals surface area contributed by atoms with Gasteiger partial charge in [-0.15, -0.1) is 0 Å². The van der Waals surface area contributed by atoms with E-state index >= 15 is 0 Å². The van der Waals surface area contributed by atoms with Gasteiger partial charge in [0.1, 0.15) is 6.61 Å². The van der Waals surface area contributed by atoms with E-state index in [1.165, 1.54) is 6.92 Å². The molecule has 0 aliphatic heterocycles. The molecule has 0 heterocycles. The first-order valence-electron chi connectivity index (χ1n) is 4.07. The lowest BCUT2D eigenvalue weighted by Gasteiger charge is -2.01. The Morgan fingerprint density at radius 3 is 2.54 bits per heavy atom. The third kappa shape index (κ3) is 3.11. The first kappa shape index (κ1) is 9.52. The van der Waals surface area contributed by atoms with Crippen LogP contribution in [0.15, 0.2) is 30.8 Å². The average molecular weight is 176 g/mol. The molecule has 2 heteroatoms. The average Bonchev–Trinajstić information content (AvgIpc) is 2.15. The summed E-state index contributed by atoms with van der Waals surface area (Å²) >= 11 is 0. The topological polar surface area (TPSA) is 26.3 Å². The molecule has 1 rings (SSSR count). The first-order valence-corrected chi connectivity index (χ1v) is 4.07. The highest BCUT2D eigenvalue weighted by molar-refractivity contribution is 5.65. The Balaban J connectivity index is 2.59. The smallest absolute Gasteiger partial charge is 0.302 e. The predicted molar refractivity (Wildman–Crippen MR) is 52.0 cm³/mol. The molecule has 0 atom stereocenters. The van der Waals surface area contributed by atoms with Gasteiger partial charge in [-0.25, -0.2) is 0 Å². The highest BCUT2D eigenvalue weighted by Crippen LogP contribution is 2.06. The molecule has 1 aromatic carbocycles. The number of benzene rings is 1. The minimum Gasteiger partial charge on any atom is -0.461 e. The lowest BCUT2D eigenvalue weighted by molar-refractivity contribution is -0.142. The van der Waals surface area contributed by atoms with E-state index in [0.29, 0.717) is 6.61 Å². The van der Waals surface area contributed by atoms with Crippen molar-refractivity contribution in [3.63, 3.8) is 0 Å². The van der Waals surface area contributed by atoms with Crippen LogP contribution in [0.1, 0.15) is 18.1 Å². The number of esters is 1. The van der Waals surface area contributed by atoms with Crippen LogP contribution in [0.4, 0.5) is 0 Å². The van der Waals surface area contributed by atoms with E-state index in [-0.39, 0.29) is 5.97 Å². The summed E-state index contributed by atoms with van der Waals surface area (Å²) < 4.78 is 4.84. The van der Waals surface area contributed by atoms with E-state index in [0.717, 1.165) is 11.1 Å². The molecule has 1 aromatic rings. The Morgan fingerprint density at radius 2 is 2.08 bits per heavy atom. The third-order valence-corrected chi connectivity index (χ3v) is 1.66. The minimum atomic E-state index is -0.257. The minimum absolute atomic E-state index is 0.257. The van der Waals surface area contributed by atoms with Gasteiger partial charge in [0.25, 0.3) is 0 Å². The summed E-state index contributed by atoms with van der Waals surface area (Å²) in [6, 6.07) is 7.71. The molecular formula is C11H12O2. The van der Waals surface area contributed by atoms with Gasteiger partial charge in [0.2, 0.25) is 0 Å². The Hall–Kier alpha value is -1.57. The maximum absolute atomic E-state index is 10.5. The quantitative estimate of drug-likeness (QED) is 0.661. The fraction of sp³-hybridized carbons (Fsp3) is 0.182. The zero-order valence-corrected chi connectivity index (χ0v) is 7.62. The van der Waals surface area contributed by atoms with Crippen LogP contribution in [0.2, 0.25) is 0 Å². The lowest BCUT2D eigenvalue weighted by atomic mass is 10.1. The van der Waals surface area contributed by atoms with Crippen LogP contribution in [0.3, 0.4) is 0 Å². The molecule has 0 aliphatic rings. The SMILES string of the molecule is C=Cc1ccc(COC(C)=O)cc1. The second-order valence-corrected chi connectivity index (χ2v) is 2.73. The summed E-state index contributed by atoms with van der Waals surface area (Å²) in [4.78, 5) is 10.5. The molecule has 0 unspecified atom stereocenters. The Bertz CT molecular complexity index is 298. The van der Waals surface area contributed by atoms with Crippen molar-refractivity contribution in [2.24, 2.45) is 0 Å². The molecular weight excluding hydrogens is 164 g/mol. The van der Waals surface area contributed by atoms with E-state index in [1.54, 1.807) is 6.08 Å². The molecule has 13 heavy (non-hydrogen) atoms. The number of carbonyl (C=O) groups is 1. The third-order valence-electron chi connectivity index (χ3n) is 1.66.